The van der Waals surface area contributed by atoms with Crippen molar-refractivity contribution in [1.29, 1.82) is 0 Å². The second-order valence-corrected chi connectivity index (χ2v) is 5.67. The lowest BCUT2D eigenvalue weighted by molar-refractivity contribution is 0.178. The van der Waals surface area contributed by atoms with E-state index in [9.17, 15) is 9.50 Å². The minimum atomic E-state index is -0.747. The fraction of sp³-hybridized carbons (Fsp3) is 0.154. The van der Waals surface area contributed by atoms with E-state index in [4.69, 9.17) is 0 Å². The molecule has 0 fully saturated rings. The number of benzene rings is 1. The van der Waals surface area contributed by atoms with Gasteiger partial charge in [-0.2, -0.15) is 0 Å². The average molecular weight is 375 g/mol. The molecule has 18 heavy (non-hydrogen) atoms. The van der Waals surface area contributed by atoms with Crippen LogP contribution >= 0.6 is 31.9 Å². The summed E-state index contributed by atoms with van der Waals surface area (Å²) in [6, 6.07) is 6.50. The van der Waals surface area contributed by atoms with E-state index in [0.29, 0.717) is 16.5 Å². The number of pyridine rings is 1. The molecule has 0 aliphatic rings. The third-order valence-electron chi connectivity index (χ3n) is 2.52. The molecular formula is C13H10Br2FNO. The smallest absolute Gasteiger partial charge is 0.137 e. The molecule has 0 radical (unpaired) electrons. The first-order chi connectivity index (χ1) is 8.56. The first-order valence-electron chi connectivity index (χ1n) is 5.28. The maximum Gasteiger partial charge on any atom is 0.137 e. The van der Waals surface area contributed by atoms with Crippen molar-refractivity contribution in [2.45, 2.75) is 12.5 Å². The van der Waals surface area contributed by atoms with E-state index in [1.165, 1.54) is 6.07 Å². The Bertz CT molecular complexity index is 562. The molecule has 1 unspecified atom stereocenters. The van der Waals surface area contributed by atoms with Crippen LogP contribution in [0.25, 0.3) is 0 Å². The number of rotatable bonds is 3. The summed E-state index contributed by atoms with van der Waals surface area (Å²) in [5.74, 6) is -0.376. The van der Waals surface area contributed by atoms with Crippen LogP contribution in [0.4, 0.5) is 4.39 Å². The van der Waals surface area contributed by atoms with E-state index < -0.39 is 6.10 Å². The highest BCUT2D eigenvalue weighted by Gasteiger charge is 2.11. The molecule has 1 N–H and O–H groups in total. The molecule has 1 aromatic heterocycles. The van der Waals surface area contributed by atoms with E-state index in [2.05, 4.69) is 36.8 Å². The quantitative estimate of drug-likeness (QED) is 0.880. The lowest BCUT2D eigenvalue weighted by atomic mass is 10.0. The minimum Gasteiger partial charge on any atom is -0.388 e. The van der Waals surface area contributed by atoms with Crippen LogP contribution in [0.5, 0.6) is 0 Å². The van der Waals surface area contributed by atoms with Crippen LogP contribution in [-0.4, -0.2) is 10.1 Å². The van der Waals surface area contributed by atoms with Gasteiger partial charge in [-0.15, -0.1) is 0 Å². The Morgan fingerprint density at radius 3 is 2.67 bits per heavy atom. The molecule has 0 saturated carbocycles. The van der Waals surface area contributed by atoms with Crippen molar-refractivity contribution in [3.8, 4) is 0 Å². The van der Waals surface area contributed by atoms with Crippen LogP contribution in [0.15, 0.2) is 45.6 Å². The molecule has 0 aliphatic carbocycles. The van der Waals surface area contributed by atoms with Crippen molar-refractivity contribution < 1.29 is 9.50 Å². The largest absolute Gasteiger partial charge is 0.388 e. The Labute approximate surface area is 121 Å². The molecule has 2 aromatic rings. The Morgan fingerprint density at radius 1 is 1.22 bits per heavy atom. The van der Waals surface area contributed by atoms with E-state index in [1.54, 1.807) is 24.5 Å². The van der Waals surface area contributed by atoms with E-state index in [1.807, 2.05) is 6.07 Å². The molecule has 0 aliphatic heterocycles. The maximum atomic E-state index is 13.4. The number of halogens is 3. The number of hydrogen-bond acceptors (Lipinski definition) is 2. The van der Waals surface area contributed by atoms with Gasteiger partial charge < -0.3 is 5.11 Å². The van der Waals surface area contributed by atoms with Crippen LogP contribution < -0.4 is 0 Å². The van der Waals surface area contributed by atoms with Gasteiger partial charge in [-0.1, -0.05) is 6.07 Å². The van der Waals surface area contributed by atoms with E-state index in [0.717, 1.165) is 10.0 Å². The Balaban J connectivity index is 2.16. The molecule has 2 nitrogen and oxygen atoms in total. The van der Waals surface area contributed by atoms with Gasteiger partial charge in [-0.05, 0) is 61.2 Å². The third-order valence-corrected chi connectivity index (χ3v) is 3.60. The highest BCUT2D eigenvalue weighted by Crippen LogP contribution is 2.23. The van der Waals surface area contributed by atoms with Gasteiger partial charge in [0.2, 0.25) is 0 Å². The standard InChI is InChI=1S/C13H10Br2FNO/c14-10-3-8(6-17-7-10)4-13(18)9-1-2-11(15)12(16)5-9/h1-3,5-7,13,18H,4H2. The SMILES string of the molecule is OC(Cc1cncc(Br)c1)c1ccc(Br)c(F)c1. The molecule has 1 heterocycles. The van der Waals surface area contributed by atoms with Crippen molar-refractivity contribution in [3.05, 3.63) is 62.5 Å². The summed E-state index contributed by atoms with van der Waals surface area (Å²) in [5, 5.41) is 10.1. The van der Waals surface area contributed by atoms with E-state index >= 15 is 0 Å². The summed E-state index contributed by atoms with van der Waals surface area (Å²) in [4.78, 5) is 4.02. The monoisotopic (exact) mass is 373 g/mol. The molecule has 2 rings (SSSR count). The highest BCUT2D eigenvalue weighted by molar-refractivity contribution is 9.10. The average Bonchev–Trinajstić information content (AvgIpc) is 2.32. The number of aromatic nitrogens is 1. The molecular weight excluding hydrogens is 365 g/mol. The lowest BCUT2D eigenvalue weighted by Crippen LogP contribution is -2.02. The van der Waals surface area contributed by atoms with Crippen LogP contribution in [0.3, 0.4) is 0 Å². The molecule has 5 heteroatoms. The van der Waals surface area contributed by atoms with Crippen LogP contribution in [0.1, 0.15) is 17.2 Å². The molecule has 0 amide bonds. The molecule has 1 atom stereocenters. The van der Waals surface area contributed by atoms with Crippen LogP contribution in [-0.2, 0) is 6.42 Å². The summed E-state index contributed by atoms with van der Waals surface area (Å²) in [7, 11) is 0. The first kappa shape index (κ1) is 13.6. The van der Waals surface area contributed by atoms with Gasteiger partial charge in [0.15, 0.2) is 0 Å². The van der Waals surface area contributed by atoms with Gasteiger partial charge in [0.1, 0.15) is 5.82 Å². The van der Waals surface area contributed by atoms with Crippen molar-refractivity contribution in [2.24, 2.45) is 0 Å². The summed E-state index contributed by atoms with van der Waals surface area (Å²) in [6.07, 6.45) is 3.01. The molecule has 1 aromatic carbocycles. The third kappa shape index (κ3) is 3.37. The normalized spacial score (nSPS) is 12.4. The second-order valence-electron chi connectivity index (χ2n) is 3.90. The Kier molecular flexibility index (Phi) is 4.48. The second kappa shape index (κ2) is 5.91. The predicted octanol–water partition coefficient (Wildman–Crippen LogP) is 4.02. The Morgan fingerprint density at radius 2 is 2.00 bits per heavy atom. The zero-order valence-electron chi connectivity index (χ0n) is 9.28. The Hall–Kier alpha value is -0.780. The van der Waals surface area contributed by atoms with Crippen molar-refractivity contribution in [2.75, 3.05) is 0 Å². The van der Waals surface area contributed by atoms with Crippen molar-refractivity contribution in [3.63, 3.8) is 0 Å². The van der Waals surface area contributed by atoms with Crippen LogP contribution in [0.2, 0.25) is 0 Å². The van der Waals surface area contributed by atoms with Gasteiger partial charge in [0.25, 0.3) is 0 Å². The van der Waals surface area contributed by atoms with Gasteiger partial charge in [-0.3, -0.25) is 4.98 Å². The minimum absolute atomic E-state index is 0.376. The van der Waals surface area contributed by atoms with Gasteiger partial charge in [-0.25, -0.2) is 4.39 Å². The van der Waals surface area contributed by atoms with Crippen molar-refractivity contribution in [1.82, 2.24) is 4.98 Å². The number of aliphatic hydroxyl groups is 1. The zero-order valence-corrected chi connectivity index (χ0v) is 12.4. The molecule has 0 spiro atoms. The predicted molar refractivity (Wildman–Crippen MR) is 74.7 cm³/mol. The lowest BCUT2D eigenvalue weighted by Gasteiger charge is -2.11. The maximum absolute atomic E-state index is 13.4. The molecule has 0 saturated heterocycles. The zero-order chi connectivity index (χ0) is 13.1. The van der Waals surface area contributed by atoms with Crippen LogP contribution in [0, 0.1) is 5.82 Å². The molecule has 94 valence electrons. The highest BCUT2D eigenvalue weighted by atomic mass is 79.9. The van der Waals surface area contributed by atoms with Crippen molar-refractivity contribution >= 4 is 31.9 Å². The summed E-state index contributed by atoms with van der Waals surface area (Å²) in [6.45, 7) is 0. The molecule has 0 bridgehead atoms. The number of aliphatic hydroxyl groups excluding tert-OH is 1. The van der Waals surface area contributed by atoms with Gasteiger partial charge >= 0.3 is 0 Å². The number of nitrogens with zero attached hydrogens (tertiary/aromatic N) is 1. The summed E-state index contributed by atoms with van der Waals surface area (Å²) >= 11 is 6.40. The summed E-state index contributed by atoms with van der Waals surface area (Å²) < 4.78 is 14.6. The first-order valence-corrected chi connectivity index (χ1v) is 6.87. The van der Waals surface area contributed by atoms with Gasteiger partial charge in [0, 0.05) is 23.3 Å². The van der Waals surface area contributed by atoms with Gasteiger partial charge in [0.05, 0.1) is 10.6 Å². The number of hydrogen-bond donors (Lipinski definition) is 1. The van der Waals surface area contributed by atoms with E-state index in [-0.39, 0.29) is 5.82 Å². The fourth-order valence-corrected chi connectivity index (χ4v) is 2.29. The fourth-order valence-electron chi connectivity index (χ4n) is 1.63. The topological polar surface area (TPSA) is 33.1 Å². The summed E-state index contributed by atoms with van der Waals surface area (Å²) in [5.41, 5.74) is 1.44.